The van der Waals surface area contributed by atoms with Gasteiger partial charge in [0.2, 0.25) is 0 Å². The van der Waals surface area contributed by atoms with E-state index in [-0.39, 0.29) is 18.6 Å². The normalized spacial score (nSPS) is 22.6. The molecule has 0 spiro atoms. The Morgan fingerprint density at radius 2 is 1.50 bits per heavy atom. The minimum absolute atomic E-state index is 0. The van der Waals surface area contributed by atoms with Crippen molar-refractivity contribution in [3.05, 3.63) is 6.92 Å². The van der Waals surface area contributed by atoms with E-state index in [2.05, 4.69) is 34.6 Å². The van der Waals surface area contributed by atoms with Crippen molar-refractivity contribution < 1.29 is 18.6 Å². The molecule has 0 saturated heterocycles. The fourth-order valence-electron chi connectivity index (χ4n) is 2.86. The first kappa shape index (κ1) is 25.5. The zero-order valence-electron chi connectivity index (χ0n) is 15.4. The van der Waals surface area contributed by atoms with Crippen molar-refractivity contribution in [1.29, 1.82) is 0 Å². The molecule has 0 aromatic heterocycles. The maximum atomic E-state index is 3.25. The van der Waals surface area contributed by atoms with Crippen molar-refractivity contribution in [1.82, 2.24) is 0 Å². The summed E-state index contributed by atoms with van der Waals surface area (Å²) >= 11 is 0. The Bertz CT molecular complexity index is 165. The van der Waals surface area contributed by atoms with Crippen LogP contribution in [0, 0.1) is 30.6 Å². The van der Waals surface area contributed by atoms with E-state index in [1.165, 1.54) is 44.9 Å². The van der Waals surface area contributed by atoms with E-state index in [1.54, 1.807) is 6.92 Å². The zero-order chi connectivity index (χ0) is 15.3. The summed E-state index contributed by atoms with van der Waals surface area (Å²) in [5.74, 6) is 3.85. The molecule has 0 aromatic carbocycles. The summed E-state index contributed by atoms with van der Waals surface area (Å²) in [6, 6.07) is 0. The smallest absolute Gasteiger partial charge is 0 e. The number of hydrogen-bond donors (Lipinski definition) is 0. The molecule has 3 atom stereocenters. The molecule has 0 N–H and O–H groups in total. The third-order valence-electron chi connectivity index (χ3n) is 4.66. The maximum Gasteiger partial charge on any atom is 0 e. The van der Waals surface area contributed by atoms with Crippen LogP contribution in [0.5, 0.6) is 0 Å². The molecule has 1 radical (unpaired) electrons. The van der Waals surface area contributed by atoms with Crippen molar-refractivity contribution in [2.75, 3.05) is 0 Å². The first-order valence-electron chi connectivity index (χ1n) is 8.82. The molecular weight excluding hydrogens is 279 g/mol. The first-order valence-corrected chi connectivity index (χ1v) is 8.82. The van der Waals surface area contributed by atoms with E-state index >= 15 is 0 Å². The Balaban J connectivity index is -0.000000529. The molecule has 1 aliphatic carbocycles. The van der Waals surface area contributed by atoms with Gasteiger partial charge < -0.3 is 6.92 Å². The van der Waals surface area contributed by atoms with Gasteiger partial charge in [-0.3, -0.25) is 0 Å². The van der Waals surface area contributed by atoms with Gasteiger partial charge in [0.05, 0.1) is 0 Å². The summed E-state index contributed by atoms with van der Waals surface area (Å²) in [6.07, 6.45) is 10.4. The van der Waals surface area contributed by atoms with Crippen LogP contribution < -0.4 is 0 Å². The Labute approximate surface area is 142 Å². The summed E-state index contributed by atoms with van der Waals surface area (Å²) in [7, 11) is 0. The van der Waals surface area contributed by atoms with Crippen molar-refractivity contribution in [3.63, 3.8) is 0 Å². The fourth-order valence-corrected chi connectivity index (χ4v) is 2.86. The van der Waals surface area contributed by atoms with Crippen LogP contribution in [0.2, 0.25) is 0 Å². The van der Waals surface area contributed by atoms with E-state index < -0.39 is 0 Å². The minimum atomic E-state index is 0. The molecular formula is C19H41V-. The molecule has 0 aliphatic heterocycles. The summed E-state index contributed by atoms with van der Waals surface area (Å²) in [5, 5.41) is 0. The van der Waals surface area contributed by atoms with Gasteiger partial charge in [-0.2, -0.15) is 6.92 Å². The van der Waals surface area contributed by atoms with Crippen LogP contribution >= 0.6 is 0 Å². The molecule has 0 bridgehead atoms. The summed E-state index contributed by atoms with van der Waals surface area (Å²) in [5.41, 5.74) is 0. The third-order valence-corrected chi connectivity index (χ3v) is 4.66. The largest absolute Gasteiger partial charge is 0.346 e. The molecule has 123 valence electrons. The van der Waals surface area contributed by atoms with Crippen LogP contribution in [0.3, 0.4) is 0 Å². The number of hydrogen-bond acceptors (Lipinski definition) is 0. The predicted octanol–water partition coefficient (Wildman–Crippen LogP) is 7.14. The van der Waals surface area contributed by atoms with Crippen LogP contribution in [-0.4, -0.2) is 0 Å². The molecule has 1 rings (SSSR count). The first-order chi connectivity index (χ1) is 9.11. The average Bonchev–Trinajstić information content (AvgIpc) is 2.45. The molecule has 0 amide bonds. The molecule has 1 heteroatoms. The van der Waals surface area contributed by atoms with E-state index in [4.69, 9.17) is 0 Å². The molecule has 0 aromatic rings. The summed E-state index contributed by atoms with van der Waals surface area (Å²) in [6.45, 7) is 18.6. The van der Waals surface area contributed by atoms with Gasteiger partial charge in [0.1, 0.15) is 0 Å². The standard InChI is InChI=1S/C15H30.C2H6.C2H5.V/c1-12(2)13(3)9-7-11-15-10-6-5-8-14(15)4;2*1-2;/h12-15H,5-11H2,1-4H3;1-2H3;1H2,2H3;/q;;-1;. The van der Waals surface area contributed by atoms with E-state index in [1.807, 2.05) is 13.8 Å². The van der Waals surface area contributed by atoms with Crippen molar-refractivity contribution >= 4 is 0 Å². The van der Waals surface area contributed by atoms with Crippen molar-refractivity contribution in [2.24, 2.45) is 23.7 Å². The molecule has 1 aliphatic rings. The zero-order valence-corrected chi connectivity index (χ0v) is 16.8. The second-order valence-electron chi connectivity index (χ2n) is 6.17. The van der Waals surface area contributed by atoms with E-state index in [9.17, 15) is 0 Å². The molecule has 0 heterocycles. The van der Waals surface area contributed by atoms with Crippen molar-refractivity contribution in [2.45, 2.75) is 93.4 Å². The third kappa shape index (κ3) is 12.3. The molecule has 3 unspecified atom stereocenters. The molecule has 1 fully saturated rings. The SMILES string of the molecule is CC.CC(C)C(C)CCCC1CCCCC1C.[CH2-]C.[V]. The second-order valence-corrected chi connectivity index (χ2v) is 6.17. The van der Waals surface area contributed by atoms with Gasteiger partial charge in [-0.15, -0.1) is 0 Å². The number of rotatable bonds is 5. The second kappa shape index (κ2) is 17.6. The topological polar surface area (TPSA) is 0 Å². The molecule has 1 saturated carbocycles. The van der Waals surface area contributed by atoms with Gasteiger partial charge >= 0.3 is 0 Å². The average molecular weight is 320 g/mol. The summed E-state index contributed by atoms with van der Waals surface area (Å²) < 4.78 is 0. The van der Waals surface area contributed by atoms with E-state index in [0.29, 0.717) is 0 Å². The van der Waals surface area contributed by atoms with Gasteiger partial charge in [-0.1, -0.05) is 86.5 Å². The van der Waals surface area contributed by atoms with Gasteiger partial charge in [0.15, 0.2) is 0 Å². The Morgan fingerprint density at radius 1 is 1.00 bits per heavy atom. The Kier molecular flexibility index (Phi) is 22.5. The van der Waals surface area contributed by atoms with Gasteiger partial charge in [-0.05, 0) is 23.7 Å². The van der Waals surface area contributed by atoms with Crippen molar-refractivity contribution in [3.8, 4) is 0 Å². The summed E-state index contributed by atoms with van der Waals surface area (Å²) in [4.78, 5) is 0. The fraction of sp³-hybridized carbons (Fsp3) is 0.947. The van der Waals surface area contributed by atoms with Gasteiger partial charge in [0, 0.05) is 18.6 Å². The van der Waals surface area contributed by atoms with Gasteiger partial charge in [0.25, 0.3) is 0 Å². The monoisotopic (exact) mass is 320 g/mol. The minimum Gasteiger partial charge on any atom is -0.346 e. The van der Waals surface area contributed by atoms with Gasteiger partial charge in [-0.25, -0.2) is 0 Å². The van der Waals surface area contributed by atoms with Crippen LogP contribution in [0.4, 0.5) is 0 Å². The quantitative estimate of drug-likeness (QED) is 0.472. The Hall–Kier alpha value is 0.584. The van der Waals surface area contributed by atoms with Crippen LogP contribution in [0.15, 0.2) is 0 Å². The van der Waals surface area contributed by atoms with Crippen LogP contribution in [-0.2, 0) is 18.6 Å². The van der Waals surface area contributed by atoms with E-state index in [0.717, 1.165) is 23.7 Å². The van der Waals surface area contributed by atoms with Crippen LogP contribution in [0.25, 0.3) is 0 Å². The predicted molar refractivity (Wildman–Crippen MR) is 91.4 cm³/mol. The maximum absolute atomic E-state index is 3.25. The molecule has 0 nitrogen and oxygen atoms in total. The van der Waals surface area contributed by atoms with Crippen LogP contribution in [0.1, 0.15) is 93.4 Å². The Morgan fingerprint density at radius 3 is 1.95 bits per heavy atom. The molecule has 20 heavy (non-hydrogen) atoms.